The van der Waals surface area contributed by atoms with Crippen LogP contribution >= 0.6 is 12.4 Å². The quantitative estimate of drug-likeness (QED) is 0.825. The van der Waals surface area contributed by atoms with Gasteiger partial charge in [0.05, 0.1) is 6.67 Å². The fraction of sp³-hybridized carbons (Fsp3) is 0.682. The third-order valence-corrected chi connectivity index (χ3v) is 6.91. The Kier molecular flexibility index (Phi) is 5.79. The number of nitrogens with zero attached hydrogens (tertiary/aromatic N) is 2. The van der Waals surface area contributed by atoms with Gasteiger partial charge in [-0.05, 0) is 55.6 Å². The summed E-state index contributed by atoms with van der Waals surface area (Å²) in [5.41, 5.74) is 1.25. The normalized spacial score (nSPS) is 30.0. The number of nitrogens with one attached hydrogen (secondary N) is 1. The maximum atomic E-state index is 12.8. The minimum absolute atomic E-state index is 0. The Balaban J connectivity index is 0.00000210. The summed E-state index contributed by atoms with van der Waals surface area (Å²) in [6.07, 6.45) is 5.80. The van der Waals surface area contributed by atoms with Gasteiger partial charge in [0.25, 0.3) is 0 Å². The van der Waals surface area contributed by atoms with Crippen LogP contribution in [-0.4, -0.2) is 42.1 Å². The largest absolute Gasteiger partial charge is 0.339 e. The predicted octanol–water partition coefficient (Wildman–Crippen LogP) is 4.05. The van der Waals surface area contributed by atoms with Crippen LogP contribution in [0.15, 0.2) is 30.3 Å². The van der Waals surface area contributed by atoms with Crippen molar-refractivity contribution in [2.45, 2.75) is 64.5 Å². The van der Waals surface area contributed by atoms with E-state index in [0.29, 0.717) is 18.1 Å². The molecule has 150 valence electrons. The molecule has 2 unspecified atom stereocenters. The van der Waals surface area contributed by atoms with Crippen molar-refractivity contribution in [3.8, 4) is 0 Å². The van der Waals surface area contributed by atoms with Crippen molar-refractivity contribution >= 4 is 24.0 Å². The van der Waals surface area contributed by atoms with E-state index in [-0.39, 0.29) is 23.9 Å². The first-order valence-corrected chi connectivity index (χ1v) is 10.2. The van der Waals surface area contributed by atoms with Crippen LogP contribution in [-0.2, 0) is 4.79 Å². The standard InChI is InChI=1S/C22H33N3O.ClH/c1-17-13-19(15-21(2,3)14-17)24-11-9-22(10-12-24)20(26)23-16-25(22)18-7-5-4-6-8-18;/h4-8,17,19H,9-16H2,1-3H3,(H,23,26);1H. The molecule has 27 heavy (non-hydrogen) atoms. The Morgan fingerprint density at radius 2 is 1.74 bits per heavy atom. The summed E-state index contributed by atoms with van der Waals surface area (Å²) in [5, 5.41) is 3.11. The highest BCUT2D eigenvalue weighted by Gasteiger charge is 2.51. The summed E-state index contributed by atoms with van der Waals surface area (Å²) in [6.45, 7) is 9.94. The highest BCUT2D eigenvalue weighted by atomic mass is 35.5. The Hall–Kier alpha value is -1.26. The lowest BCUT2D eigenvalue weighted by atomic mass is 9.69. The van der Waals surface area contributed by atoms with Gasteiger partial charge in [-0.2, -0.15) is 0 Å². The first-order chi connectivity index (χ1) is 12.4. The fourth-order valence-electron chi connectivity index (χ4n) is 5.87. The summed E-state index contributed by atoms with van der Waals surface area (Å²) < 4.78 is 0. The molecule has 2 heterocycles. The number of halogens is 1. The van der Waals surface area contributed by atoms with E-state index in [1.54, 1.807) is 0 Å². The van der Waals surface area contributed by atoms with Gasteiger partial charge in [-0.15, -0.1) is 12.4 Å². The maximum Gasteiger partial charge on any atom is 0.247 e. The number of hydrogen-bond acceptors (Lipinski definition) is 3. The first-order valence-electron chi connectivity index (χ1n) is 10.2. The molecular formula is C22H34ClN3O. The van der Waals surface area contributed by atoms with Crippen molar-refractivity contribution in [3.05, 3.63) is 30.3 Å². The number of anilines is 1. The summed E-state index contributed by atoms with van der Waals surface area (Å²) >= 11 is 0. The fourth-order valence-corrected chi connectivity index (χ4v) is 5.87. The molecule has 1 aromatic carbocycles. The molecule has 0 radical (unpaired) electrons. The molecule has 2 saturated heterocycles. The molecule has 1 aliphatic carbocycles. The molecule has 1 spiro atoms. The minimum atomic E-state index is -0.354. The van der Waals surface area contributed by atoms with Gasteiger partial charge in [0.2, 0.25) is 5.91 Å². The van der Waals surface area contributed by atoms with E-state index in [9.17, 15) is 4.79 Å². The summed E-state index contributed by atoms with van der Waals surface area (Å²) in [6, 6.07) is 11.1. The Morgan fingerprint density at radius 1 is 1.07 bits per heavy atom. The lowest BCUT2D eigenvalue weighted by Gasteiger charge is -2.49. The van der Waals surface area contributed by atoms with Crippen LogP contribution in [0.2, 0.25) is 0 Å². The van der Waals surface area contributed by atoms with Crippen LogP contribution in [0.1, 0.15) is 52.9 Å². The number of hydrogen-bond donors (Lipinski definition) is 1. The van der Waals surface area contributed by atoms with Crippen molar-refractivity contribution in [3.63, 3.8) is 0 Å². The highest BCUT2D eigenvalue weighted by Crippen LogP contribution is 2.43. The van der Waals surface area contributed by atoms with Gasteiger partial charge >= 0.3 is 0 Å². The zero-order chi connectivity index (χ0) is 18.4. The van der Waals surface area contributed by atoms with E-state index in [1.165, 1.54) is 19.3 Å². The van der Waals surface area contributed by atoms with E-state index in [0.717, 1.165) is 37.5 Å². The number of carbonyl (C=O) groups excluding carboxylic acids is 1. The molecule has 2 atom stereocenters. The van der Waals surface area contributed by atoms with Crippen LogP contribution < -0.4 is 10.2 Å². The highest BCUT2D eigenvalue weighted by molar-refractivity contribution is 5.93. The van der Waals surface area contributed by atoms with Crippen LogP contribution in [0.4, 0.5) is 5.69 Å². The minimum Gasteiger partial charge on any atom is -0.339 e. The maximum absolute atomic E-state index is 12.8. The number of benzene rings is 1. The first kappa shape index (κ1) is 20.5. The zero-order valence-electron chi connectivity index (χ0n) is 16.9. The molecule has 1 N–H and O–H groups in total. The second-order valence-electron chi connectivity index (χ2n) is 9.56. The molecule has 2 aliphatic heterocycles. The third-order valence-electron chi connectivity index (χ3n) is 6.91. The van der Waals surface area contributed by atoms with E-state index in [1.807, 2.05) is 6.07 Å². The van der Waals surface area contributed by atoms with Gasteiger partial charge in [0, 0.05) is 24.8 Å². The molecule has 5 heteroatoms. The number of para-hydroxylation sites is 1. The van der Waals surface area contributed by atoms with Crippen LogP contribution in [0.3, 0.4) is 0 Å². The van der Waals surface area contributed by atoms with E-state index in [2.05, 4.69) is 60.2 Å². The van der Waals surface area contributed by atoms with Crippen molar-refractivity contribution in [2.75, 3.05) is 24.7 Å². The molecule has 0 aromatic heterocycles. The Morgan fingerprint density at radius 3 is 2.37 bits per heavy atom. The molecule has 3 fully saturated rings. The summed E-state index contributed by atoms with van der Waals surface area (Å²) in [4.78, 5) is 17.8. The number of amides is 1. The number of rotatable bonds is 2. The van der Waals surface area contributed by atoms with Crippen LogP contribution in [0.25, 0.3) is 0 Å². The van der Waals surface area contributed by atoms with E-state index in [4.69, 9.17) is 0 Å². The molecule has 4 nitrogen and oxygen atoms in total. The molecule has 3 aliphatic rings. The molecule has 1 aromatic rings. The SMILES string of the molecule is CC1CC(N2CCC3(CC2)C(=O)NCN3c2ccccc2)CC(C)(C)C1.Cl. The average Bonchev–Trinajstić information content (AvgIpc) is 2.91. The van der Waals surface area contributed by atoms with Crippen molar-refractivity contribution in [1.82, 2.24) is 10.2 Å². The van der Waals surface area contributed by atoms with Crippen LogP contribution in [0.5, 0.6) is 0 Å². The third kappa shape index (κ3) is 3.84. The Bertz CT molecular complexity index is 655. The summed E-state index contributed by atoms with van der Waals surface area (Å²) in [7, 11) is 0. The molecule has 1 amide bonds. The molecule has 1 saturated carbocycles. The van der Waals surface area contributed by atoms with Gasteiger partial charge in [-0.3, -0.25) is 4.79 Å². The van der Waals surface area contributed by atoms with Crippen molar-refractivity contribution in [1.29, 1.82) is 0 Å². The predicted molar refractivity (Wildman–Crippen MR) is 113 cm³/mol. The number of carbonyl (C=O) groups is 1. The summed E-state index contributed by atoms with van der Waals surface area (Å²) in [5.74, 6) is 1.02. The molecule has 0 bridgehead atoms. The lowest BCUT2D eigenvalue weighted by molar-refractivity contribution is -0.125. The van der Waals surface area contributed by atoms with Crippen LogP contribution in [0, 0.1) is 11.3 Å². The topological polar surface area (TPSA) is 35.6 Å². The van der Waals surface area contributed by atoms with Gasteiger partial charge < -0.3 is 15.1 Å². The molecular weight excluding hydrogens is 358 g/mol. The van der Waals surface area contributed by atoms with Crippen molar-refractivity contribution in [2.24, 2.45) is 11.3 Å². The average molecular weight is 392 g/mol. The number of likely N-dealkylation sites (tertiary alicyclic amines) is 1. The van der Waals surface area contributed by atoms with Gasteiger partial charge in [-0.1, -0.05) is 39.0 Å². The van der Waals surface area contributed by atoms with Crippen molar-refractivity contribution < 1.29 is 4.79 Å². The molecule has 4 rings (SSSR count). The van der Waals surface area contributed by atoms with E-state index < -0.39 is 0 Å². The second-order valence-corrected chi connectivity index (χ2v) is 9.56. The lowest BCUT2D eigenvalue weighted by Crippen LogP contribution is -2.58. The number of piperidine rings is 1. The van der Waals surface area contributed by atoms with Gasteiger partial charge in [0.1, 0.15) is 5.54 Å². The van der Waals surface area contributed by atoms with Gasteiger partial charge in [-0.25, -0.2) is 0 Å². The Labute approximate surface area is 170 Å². The van der Waals surface area contributed by atoms with E-state index >= 15 is 0 Å². The van der Waals surface area contributed by atoms with Gasteiger partial charge in [0.15, 0.2) is 0 Å². The second kappa shape index (κ2) is 7.63. The zero-order valence-corrected chi connectivity index (χ0v) is 17.7. The monoisotopic (exact) mass is 391 g/mol. The smallest absolute Gasteiger partial charge is 0.247 e.